The van der Waals surface area contributed by atoms with Crippen molar-refractivity contribution in [3.05, 3.63) is 0 Å². The highest BCUT2D eigenvalue weighted by Gasteiger charge is 1.82. The molecule has 0 fully saturated rings. The molecular weight excluding hydrogens is 114 g/mol. The normalized spacial score (nSPS) is 9.78. The fourth-order valence-corrected chi connectivity index (χ4v) is 0.508. The minimum Gasteiger partial charge on any atom is -0.277 e. The lowest BCUT2D eigenvalue weighted by Crippen LogP contribution is -2.09. The van der Waals surface area contributed by atoms with Crippen LogP contribution in [0.4, 0.5) is 0 Å². The monoisotopic (exact) mass is 127 g/mol. The van der Waals surface area contributed by atoms with Crippen LogP contribution in [0.1, 0.15) is 13.8 Å². The Bertz CT molecular complexity index is 122. The Morgan fingerprint density at radius 3 is 2.33 bits per heavy atom. The molecule has 0 rings (SSSR count). The van der Waals surface area contributed by atoms with Gasteiger partial charge in [-0.1, -0.05) is 0 Å². The molecule has 0 bridgehead atoms. The molecule has 0 aliphatic rings. The molecule has 0 amide bonds. The van der Waals surface area contributed by atoms with Gasteiger partial charge >= 0.3 is 0 Å². The lowest BCUT2D eigenvalue weighted by atomic mass is 10.5. The van der Waals surface area contributed by atoms with E-state index in [1.807, 2.05) is 20.9 Å². The van der Waals surface area contributed by atoms with E-state index >= 15 is 0 Å². The summed E-state index contributed by atoms with van der Waals surface area (Å²) >= 11 is 0. The van der Waals surface area contributed by atoms with Crippen LogP contribution >= 0.6 is 0 Å². The molecule has 9 heavy (non-hydrogen) atoms. The summed E-state index contributed by atoms with van der Waals surface area (Å²) in [6, 6.07) is 0. The molecule has 0 saturated carbocycles. The van der Waals surface area contributed by atoms with E-state index in [9.17, 15) is 0 Å². The molecule has 0 aliphatic heterocycles. The molecule has 3 heteroatoms. The molecule has 3 nitrogen and oxygen atoms in total. The maximum absolute atomic E-state index is 4.07. The molecule has 0 saturated heterocycles. The van der Waals surface area contributed by atoms with E-state index in [-0.39, 0.29) is 0 Å². The van der Waals surface area contributed by atoms with Crippen molar-refractivity contribution >= 4 is 12.1 Å². The van der Waals surface area contributed by atoms with Crippen LogP contribution < -0.4 is 0 Å². The van der Waals surface area contributed by atoms with Gasteiger partial charge in [-0.2, -0.15) is 5.10 Å². The van der Waals surface area contributed by atoms with Gasteiger partial charge in [0.1, 0.15) is 6.34 Å². The van der Waals surface area contributed by atoms with Gasteiger partial charge in [0.2, 0.25) is 0 Å². The van der Waals surface area contributed by atoms with Crippen molar-refractivity contribution in [3.8, 4) is 0 Å². The van der Waals surface area contributed by atoms with Crippen LogP contribution in [0.5, 0.6) is 0 Å². The molecule has 0 heterocycles. The fraction of sp³-hybridized carbons (Fsp3) is 0.667. The number of hydrogen-bond acceptors (Lipinski definition) is 2. The Morgan fingerprint density at radius 1 is 1.44 bits per heavy atom. The second kappa shape index (κ2) is 4.06. The van der Waals surface area contributed by atoms with Crippen molar-refractivity contribution in [2.75, 3.05) is 14.1 Å². The maximum atomic E-state index is 4.07. The molecule has 0 atom stereocenters. The molecule has 52 valence electrons. The van der Waals surface area contributed by atoms with E-state index in [0.717, 1.165) is 5.71 Å². The number of hydrazone groups is 1. The molecule has 0 aromatic rings. The Kier molecular flexibility index (Phi) is 3.67. The first-order chi connectivity index (χ1) is 4.16. The van der Waals surface area contributed by atoms with E-state index in [0.29, 0.717) is 0 Å². The first-order valence-electron chi connectivity index (χ1n) is 2.83. The van der Waals surface area contributed by atoms with E-state index in [1.165, 1.54) is 0 Å². The summed E-state index contributed by atoms with van der Waals surface area (Å²) in [5.74, 6) is 0. The molecule has 0 spiro atoms. The summed E-state index contributed by atoms with van der Waals surface area (Å²) in [7, 11) is 3.57. The second-order valence-corrected chi connectivity index (χ2v) is 1.99. The van der Waals surface area contributed by atoms with Crippen LogP contribution in [0, 0.1) is 0 Å². The minimum absolute atomic E-state index is 1.03. The topological polar surface area (TPSA) is 28.0 Å². The summed E-state index contributed by atoms with van der Waals surface area (Å²) < 4.78 is 0. The molecule has 0 aromatic heterocycles. The van der Waals surface area contributed by atoms with Crippen molar-refractivity contribution < 1.29 is 0 Å². The van der Waals surface area contributed by atoms with Gasteiger partial charge < -0.3 is 0 Å². The van der Waals surface area contributed by atoms with Crippen LogP contribution in [0.3, 0.4) is 0 Å². The lowest BCUT2D eigenvalue weighted by Gasteiger charge is -2.03. The van der Waals surface area contributed by atoms with Crippen LogP contribution in [0.15, 0.2) is 10.1 Å². The molecule has 0 unspecified atom stereocenters. The molecule has 0 N–H and O–H groups in total. The summed E-state index contributed by atoms with van der Waals surface area (Å²) in [6.07, 6.45) is 1.66. The van der Waals surface area contributed by atoms with Gasteiger partial charge in [-0.25, -0.2) is 0 Å². The Labute approximate surface area is 56.1 Å². The maximum Gasteiger partial charge on any atom is 0.105 e. The average Bonchev–Trinajstić information content (AvgIpc) is 1.63. The van der Waals surface area contributed by atoms with E-state index in [2.05, 4.69) is 10.1 Å². The predicted molar refractivity (Wildman–Crippen MR) is 41.0 cm³/mol. The third-order valence-corrected chi connectivity index (χ3v) is 0.640. The molecular formula is C6H13N3. The Morgan fingerprint density at radius 2 is 2.00 bits per heavy atom. The first-order valence-corrected chi connectivity index (χ1v) is 2.83. The Hall–Kier alpha value is -0.860. The highest BCUT2D eigenvalue weighted by Crippen LogP contribution is 1.79. The SMILES string of the molecule is C/N=C\N(C)N=C(C)C. The zero-order chi connectivity index (χ0) is 7.28. The van der Waals surface area contributed by atoms with E-state index in [1.54, 1.807) is 18.4 Å². The van der Waals surface area contributed by atoms with Gasteiger partial charge in [0.15, 0.2) is 0 Å². The number of rotatable bonds is 2. The van der Waals surface area contributed by atoms with Gasteiger partial charge in [0.05, 0.1) is 0 Å². The largest absolute Gasteiger partial charge is 0.277 e. The summed E-state index contributed by atoms with van der Waals surface area (Å²) in [5.41, 5.74) is 1.03. The summed E-state index contributed by atoms with van der Waals surface area (Å²) in [6.45, 7) is 3.89. The fourth-order valence-electron chi connectivity index (χ4n) is 0.508. The van der Waals surface area contributed by atoms with Crippen LogP contribution in [0.2, 0.25) is 0 Å². The van der Waals surface area contributed by atoms with Crippen LogP contribution in [-0.4, -0.2) is 31.2 Å². The third kappa shape index (κ3) is 5.00. The highest BCUT2D eigenvalue weighted by molar-refractivity contribution is 5.79. The van der Waals surface area contributed by atoms with Crippen molar-refractivity contribution in [1.82, 2.24) is 5.01 Å². The summed E-state index contributed by atoms with van der Waals surface area (Å²) in [4.78, 5) is 3.78. The van der Waals surface area contributed by atoms with Crippen molar-refractivity contribution in [2.45, 2.75) is 13.8 Å². The minimum atomic E-state index is 1.03. The standard InChI is InChI=1S/C6H13N3/c1-6(2)8-9(4)5-7-3/h5H,1-4H3/b7-5-. The smallest absolute Gasteiger partial charge is 0.105 e. The zero-order valence-corrected chi connectivity index (χ0v) is 6.42. The highest BCUT2D eigenvalue weighted by atomic mass is 15.4. The van der Waals surface area contributed by atoms with Gasteiger partial charge in [-0.3, -0.25) is 10.0 Å². The molecule has 0 aromatic carbocycles. The first kappa shape index (κ1) is 8.14. The second-order valence-electron chi connectivity index (χ2n) is 1.99. The van der Waals surface area contributed by atoms with Crippen molar-refractivity contribution in [1.29, 1.82) is 0 Å². The predicted octanol–water partition coefficient (Wildman–Crippen LogP) is 0.972. The van der Waals surface area contributed by atoms with Gasteiger partial charge in [-0.15, -0.1) is 0 Å². The lowest BCUT2D eigenvalue weighted by molar-refractivity contribution is 0.559. The van der Waals surface area contributed by atoms with Crippen molar-refractivity contribution in [3.63, 3.8) is 0 Å². The summed E-state index contributed by atoms with van der Waals surface area (Å²) in [5, 5.41) is 5.74. The molecule has 0 radical (unpaired) electrons. The number of aliphatic imine (C=N–C) groups is 1. The van der Waals surface area contributed by atoms with Crippen LogP contribution in [-0.2, 0) is 0 Å². The van der Waals surface area contributed by atoms with Gasteiger partial charge in [0, 0.05) is 19.8 Å². The van der Waals surface area contributed by atoms with E-state index < -0.39 is 0 Å². The Balaban J connectivity index is 3.76. The number of nitrogens with zero attached hydrogens (tertiary/aromatic N) is 3. The van der Waals surface area contributed by atoms with E-state index in [4.69, 9.17) is 0 Å². The average molecular weight is 127 g/mol. The van der Waals surface area contributed by atoms with Crippen molar-refractivity contribution in [2.24, 2.45) is 10.1 Å². The quantitative estimate of drug-likeness (QED) is 0.308. The third-order valence-electron chi connectivity index (χ3n) is 0.640. The van der Waals surface area contributed by atoms with Gasteiger partial charge in [-0.05, 0) is 13.8 Å². The number of hydrogen-bond donors (Lipinski definition) is 0. The van der Waals surface area contributed by atoms with Crippen LogP contribution in [0.25, 0.3) is 0 Å². The van der Waals surface area contributed by atoms with Gasteiger partial charge in [0.25, 0.3) is 0 Å². The molecule has 0 aliphatic carbocycles. The zero-order valence-electron chi connectivity index (χ0n) is 6.42.